The molecule has 0 unspecified atom stereocenters. The van der Waals surface area contributed by atoms with Crippen molar-refractivity contribution in [2.24, 2.45) is 0 Å². The van der Waals surface area contributed by atoms with Gasteiger partial charge in [0.2, 0.25) is 0 Å². The van der Waals surface area contributed by atoms with Gasteiger partial charge in [0.1, 0.15) is 24.4 Å². The van der Waals surface area contributed by atoms with E-state index in [4.69, 9.17) is 4.74 Å². The van der Waals surface area contributed by atoms with Gasteiger partial charge in [0.15, 0.2) is 0 Å². The van der Waals surface area contributed by atoms with Gasteiger partial charge in [-0.05, 0) is 25.7 Å². The van der Waals surface area contributed by atoms with E-state index in [1.807, 2.05) is 0 Å². The lowest BCUT2D eigenvalue weighted by molar-refractivity contribution is -0.230. The van der Waals surface area contributed by atoms with E-state index in [0.717, 1.165) is 12.8 Å². The molecule has 1 aliphatic rings. The summed E-state index contributed by atoms with van der Waals surface area (Å²) >= 11 is 0. The molecule has 1 rings (SSSR count). The maximum absolute atomic E-state index is 10.2. The normalized spacial score (nSPS) is 28.0. The van der Waals surface area contributed by atoms with Gasteiger partial charge in [-0.1, -0.05) is 84.0 Å². The Labute approximate surface area is 194 Å². The maximum Gasteiger partial charge on any atom is 0.111 e. The molecule has 0 amide bonds. The van der Waals surface area contributed by atoms with Crippen molar-refractivity contribution in [2.75, 3.05) is 6.61 Å². The van der Waals surface area contributed by atoms with E-state index in [0.29, 0.717) is 25.7 Å². The molecule has 7 nitrogen and oxygen atoms in total. The summed E-state index contributed by atoms with van der Waals surface area (Å²) in [6.07, 6.45) is 9.77. The topological polar surface area (TPSA) is 131 Å². The molecule has 1 fully saturated rings. The number of aliphatic hydroxyl groups is 6. The Morgan fingerprint density at radius 2 is 1.03 bits per heavy atom. The van der Waals surface area contributed by atoms with Crippen LogP contribution in [0.5, 0.6) is 0 Å². The van der Waals surface area contributed by atoms with Crippen LogP contribution in [0.25, 0.3) is 0 Å². The van der Waals surface area contributed by atoms with E-state index < -0.39 is 49.3 Å². The number of hydrogen-bond donors (Lipinski definition) is 6. The zero-order chi connectivity index (χ0) is 23.8. The van der Waals surface area contributed by atoms with Crippen LogP contribution >= 0.6 is 0 Å². The first-order chi connectivity index (χ1) is 15.4. The number of ether oxygens (including phenoxy) is 1. The Morgan fingerprint density at radius 3 is 1.53 bits per heavy atom. The summed E-state index contributed by atoms with van der Waals surface area (Å²) in [5.41, 5.74) is 0. The van der Waals surface area contributed by atoms with Gasteiger partial charge in [0.25, 0.3) is 0 Å². The minimum absolute atomic E-state index is 0.365. The van der Waals surface area contributed by atoms with Crippen LogP contribution in [0.15, 0.2) is 0 Å². The molecule has 0 aromatic heterocycles. The van der Waals surface area contributed by atoms with Crippen molar-refractivity contribution in [3.05, 3.63) is 0 Å². The number of aliphatic hydroxyl groups excluding tert-OH is 6. The SMILES string of the molecule is CCCCCCCCCCCCCC[C@@H](O)[C@@H](O)CCC[C@H]1O[C@H](CO)[C@H](O)[C@H](O)[C@H]1O. The molecular formula is C25H50O7. The summed E-state index contributed by atoms with van der Waals surface area (Å²) in [6, 6.07) is 0. The monoisotopic (exact) mass is 462 g/mol. The van der Waals surface area contributed by atoms with Crippen LogP contribution in [0, 0.1) is 0 Å². The fraction of sp³-hybridized carbons (Fsp3) is 1.00. The molecule has 0 saturated carbocycles. The molecule has 0 aliphatic carbocycles. The molecule has 7 heteroatoms. The lowest BCUT2D eigenvalue weighted by Crippen LogP contribution is -2.58. The lowest BCUT2D eigenvalue weighted by Gasteiger charge is -2.40. The lowest BCUT2D eigenvalue weighted by atomic mass is 9.91. The van der Waals surface area contributed by atoms with E-state index in [-0.39, 0.29) is 0 Å². The van der Waals surface area contributed by atoms with Gasteiger partial charge in [0, 0.05) is 0 Å². The number of hydrogen-bond acceptors (Lipinski definition) is 7. The standard InChI is InChI=1S/C25H50O7/c1-2-3-4-5-6-7-8-9-10-11-12-13-15-19(27)20(28)16-14-17-21-23(29)25(31)24(30)22(18-26)32-21/h19-31H,2-18H2,1H3/t19-,20+,21-,22-,23+,24+,25-/m1/s1. The van der Waals surface area contributed by atoms with E-state index in [2.05, 4.69) is 6.92 Å². The van der Waals surface area contributed by atoms with Crippen molar-refractivity contribution in [1.29, 1.82) is 0 Å². The van der Waals surface area contributed by atoms with Crippen molar-refractivity contribution in [1.82, 2.24) is 0 Å². The molecule has 7 atom stereocenters. The minimum atomic E-state index is -1.37. The van der Waals surface area contributed by atoms with Crippen molar-refractivity contribution in [2.45, 2.75) is 152 Å². The van der Waals surface area contributed by atoms with Gasteiger partial charge >= 0.3 is 0 Å². The molecule has 1 saturated heterocycles. The summed E-state index contributed by atoms with van der Waals surface area (Å²) in [5, 5.41) is 59.3. The van der Waals surface area contributed by atoms with Gasteiger partial charge in [-0.25, -0.2) is 0 Å². The zero-order valence-corrected chi connectivity index (χ0v) is 20.2. The predicted octanol–water partition coefficient (Wildman–Crippen LogP) is 2.81. The zero-order valence-electron chi connectivity index (χ0n) is 20.2. The second kappa shape index (κ2) is 18.1. The number of rotatable bonds is 19. The van der Waals surface area contributed by atoms with Gasteiger partial charge in [-0.15, -0.1) is 0 Å². The minimum Gasteiger partial charge on any atom is -0.394 e. The molecule has 1 aliphatic heterocycles. The Morgan fingerprint density at radius 1 is 0.594 bits per heavy atom. The van der Waals surface area contributed by atoms with Crippen LogP contribution in [0.3, 0.4) is 0 Å². The highest BCUT2D eigenvalue weighted by molar-refractivity contribution is 4.91. The molecular weight excluding hydrogens is 412 g/mol. The van der Waals surface area contributed by atoms with E-state index in [9.17, 15) is 30.6 Å². The quantitative estimate of drug-likeness (QED) is 0.163. The van der Waals surface area contributed by atoms with Gasteiger partial charge in [0.05, 0.1) is 24.9 Å². The number of unbranched alkanes of at least 4 members (excludes halogenated alkanes) is 11. The van der Waals surface area contributed by atoms with Crippen LogP contribution in [-0.4, -0.2) is 80.0 Å². The second-order valence-electron chi connectivity index (χ2n) is 9.61. The molecule has 0 bridgehead atoms. The average molecular weight is 463 g/mol. The van der Waals surface area contributed by atoms with Crippen LogP contribution in [0.2, 0.25) is 0 Å². The summed E-state index contributed by atoms with van der Waals surface area (Å²) in [7, 11) is 0. The second-order valence-corrected chi connectivity index (χ2v) is 9.61. The first-order valence-corrected chi connectivity index (χ1v) is 13.1. The average Bonchev–Trinajstić information content (AvgIpc) is 2.79. The van der Waals surface area contributed by atoms with Crippen molar-refractivity contribution >= 4 is 0 Å². The summed E-state index contributed by atoms with van der Waals surface area (Å²) in [5.74, 6) is 0. The van der Waals surface area contributed by atoms with Crippen LogP contribution < -0.4 is 0 Å². The first kappa shape index (κ1) is 29.8. The third kappa shape index (κ3) is 11.7. The fourth-order valence-corrected chi connectivity index (χ4v) is 4.52. The highest BCUT2D eigenvalue weighted by Gasteiger charge is 2.42. The van der Waals surface area contributed by atoms with E-state index in [1.54, 1.807) is 0 Å². The third-order valence-corrected chi connectivity index (χ3v) is 6.78. The Hall–Kier alpha value is -0.280. The summed E-state index contributed by atoms with van der Waals surface area (Å²) in [6.45, 7) is 1.80. The van der Waals surface area contributed by atoms with Gasteiger partial charge < -0.3 is 35.4 Å². The first-order valence-electron chi connectivity index (χ1n) is 13.1. The van der Waals surface area contributed by atoms with Crippen molar-refractivity contribution in [3.63, 3.8) is 0 Å². The van der Waals surface area contributed by atoms with Gasteiger partial charge in [-0.2, -0.15) is 0 Å². The third-order valence-electron chi connectivity index (χ3n) is 6.78. The maximum atomic E-state index is 10.2. The Bertz CT molecular complexity index is 435. The predicted molar refractivity (Wildman–Crippen MR) is 125 cm³/mol. The summed E-state index contributed by atoms with van der Waals surface area (Å²) in [4.78, 5) is 0. The Kier molecular flexibility index (Phi) is 16.8. The molecule has 32 heavy (non-hydrogen) atoms. The summed E-state index contributed by atoms with van der Waals surface area (Å²) < 4.78 is 5.47. The Balaban J connectivity index is 2.03. The molecule has 1 heterocycles. The molecule has 6 N–H and O–H groups in total. The van der Waals surface area contributed by atoms with Crippen molar-refractivity contribution < 1.29 is 35.4 Å². The van der Waals surface area contributed by atoms with E-state index in [1.165, 1.54) is 64.2 Å². The smallest absolute Gasteiger partial charge is 0.111 e. The molecule has 0 aromatic rings. The van der Waals surface area contributed by atoms with Gasteiger partial charge in [-0.3, -0.25) is 0 Å². The largest absolute Gasteiger partial charge is 0.394 e. The molecule has 0 spiro atoms. The van der Waals surface area contributed by atoms with E-state index >= 15 is 0 Å². The highest BCUT2D eigenvalue weighted by atomic mass is 16.5. The molecule has 192 valence electrons. The molecule has 0 aromatic carbocycles. The molecule has 0 radical (unpaired) electrons. The van der Waals surface area contributed by atoms with Crippen LogP contribution in [0.1, 0.15) is 110 Å². The van der Waals surface area contributed by atoms with Crippen LogP contribution in [-0.2, 0) is 4.74 Å². The highest BCUT2D eigenvalue weighted by Crippen LogP contribution is 2.25. The van der Waals surface area contributed by atoms with Crippen molar-refractivity contribution in [3.8, 4) is 0 Å². The fourth-order valence-electron chi connectivity index (χ4n) is 4.52. The van der Waals surface area contributed by atoms with Crippen LogP contribution in [0.4, 0.5) is 0 Å².